The lowest BCUT2D eigenvalue weighted by Crippen LogP contribution is -1.98. The number of methoxy groups -OCH3 is 1. The molecule has 0 heterocycles. The number of rotatable bonds is 6. The van der Waals surface area contributed by atoms with Crippen molar-refractivity contribution in [3.8, 4) is 5.75 Å². The van der Waals surface area contributed by atoms with Gasteiger partial charge in [-0.05, 0) is 43.5 Å². The van der Waals surface area contributed by atoms with Crippen LogP contribution >= 0.6 is 15.9 Å². The Kier molecular flexibility index (Phi) is 5.73. The Balaban J connectivity index is 2.47. The van der Waals surface area contributed by atoms with Crippen molar-refractivity contribution in [1.29, 1.82) is 0 Å². The second-order valence-electron chi connectivity index (χ2n) is 3.56. The highest BCUT2D eigenvalue weighted by molar-refractivity contribution is 9.10. The normalized spacial score (nSPS) is 10.3. The van der Waals surface area contributed by atoms with E-state index in [-0.39, 0.29) is 0 Å². The van der Waals surface area contributed by atoms with Gasteiger partial charge >= 0.3 is 0 Å². The van der Waals surface area contributed by atoms with Gasteiger partial charge in [0, 0.05) is 4.47 Å². The monoisotopic (exact) mass is 271 g/mol. The summed E-state index contributed by atoms with van der Waals surface area (Å²) < 4.78 is 6.28. The van der Waals surface area contributed by atoms with Gasteiger partial charge in [-0.25, -0.2) is 0 Å². The molecule has 2 N–H and O–H groups in total. The van der Waals surface area contributed by atoms with Crippen LogP contribution in [0.1, 0.15) is 24.8 Å². The molecule has 0 spiro atoms. The molecule has 1 aromatic rings. The zero-order valence-electron chi connectivity index (χ0n) is 9.13. The van der Waals surface area contributed by atoms with Crippen molar-refractivity contribution in [3.63, 3.8) is 0 Å². The Morgan fingerprint density at radius 2 is 2.07 bits per heavy atom. The first-order valence-electron chi connectivity index (χ1n) is 5.30. The number of aryl methyl sites for hydroxylation is 1. The SMILES string of the molecule is COc1ccc(CCCCCN)c(Br)c1. The maximum atomic E-state index is 5.45. The third-order valence-electron chi connectivity index (χ3n) is 2.41. The second kappa shape index (κ2) is 6.85. The molecule has 0 bridgehead atoms. The lowest BCUT2D eigenvalue weighted by Gasteiger charge is -2.06. The number of halogens is 1. The zero-order chi connectivity index (χ0) is 11.1. The number of ether oxygens (including phenoxy) is 1. The van der Waals surface area contributed by atoms with E-state index in [1.807, 2.05) is 12.1 Å². The van der Waals surface area contributed by atoms with E-state index >= 15 is 0 Å². The number of hydrogen-bond acceptors (Lipinski definition) is 2. The van der Waals surface area contributed by atoms with Crippen LogP contribution < -0.4 is 10.5 Å². The minimum Gasteiger partial charge on any atom is -0.497 e. The fraction of sp³-hybridized carbons (Fsp3) is 0.500. The Bertz CT molecular complexity index is 302. The van der Waals surface area contributed by atoms with Gasteiger partial charge in [0.1, 0.15) is 5.75 Å². The topological polar surface area (TPSA) is 35.2 Å². The molecule has 0 aliphatic carbocycles. The van der Waals surface area contributed by atoms with Crippen LogP contribution in [0.15, 0.2) is 22.7 Å². The van der Waals surface area contributed by atoms with Gasteiger partial charge < -0.3 is 10.5 Å². The fourth-order valence-electron chi connectivity index (χ4n) is 1.49. The van der Waals surface area contributed by atoms with Crippen molar-refractivity contribution in [1.82, 2.24) is 0 Å². The van der Waals surface area contributed by atoms with E-state index < -0.39 is 0 Å². The number of benzene rings is 1. The molecule has 0 aliphatic rings. The quantitative estimate of drug-likeness (QED) is 0.807. The molecular formula is C12H18BrNO. The van der Waals surface area contributed by atoms with Gasteiger partial charge in [-0.15, -0.1) is 0 Å². The highest BCUT2D eigenvalue weighted by Gasteiger charge is 2.01. The van der Waals surface area contributed by atoms with Crippen molar-refractivity contribution in [3.05, 3.63) is 28.2 Å². The van der Waals surface area contributed by atoms with Crippen LogP contribution in [-0.2, 0) is 6.42 Å². The average molecular weight is 272 g/mol. The molecule has 0 fully saturated rings. The fourth-order valence-corrected chi connectivity index (χ4v) is 2.05. The first kappa shape index (κ1) is 12.5. The van der Waals surface area contributed by atoms with E-state index in [0.29, 0.717) is 0 Å². The van der Waals surface area contributed by atoms with E-state index in [4.69, 9.17) is 10.5 Å². The molecule has 0 unspecified atom stereocenters. The van der Waals surface area contributed by atoms with Gasteiger partial charge in [-0.1, -0.05) is 28.4 Å². The molecule has 0 saturated carbocycles. The Morgan fingerprint density at radius 3 is 2.67 bits per heavy atom. The molecule has 84 valence electrons. The zero-order valence-corrected chi connectivity index (χ0v) is 10.7. The van der Waals surface area contributed by atoms with Crippen molar-refractivity contribution < 1.29 is 4.74 Å². The van der Waals surface area contributed by atoms with Gasteiger partial charge in [0.2, 0.25) is 0 Å². The van der Waals surface area contributed by atoms with Crippen LogP contribution in [0.3, 0.4) is 0 Å². The van der Waals surface area contributed by atoms with Crippen LogP contribution in [0.4, 0.5) is 0 Å². The van der Waals surface area contributed by atoms with Gasteiger partial charge in [0.05, 0.1) is 7.11 Å². The van der Waals surface area contributed by atoms with E-state index in [1.54, 1.807) is 7.11 Å². The third kappa shape index (κ3) is 4.22. The average Bonchev–Trinajstić information content (AvgIpc) is 2.26. The second-order valence-corrected chi connectivity index (χ2v) is 4.41. The molecule has 15 heavy (non-hydrogen) atoms. The van der Waals surface area contributed by atoms with Gasteiger partial charge in [0.25, 0.3) is 0 Å². The van der Waals surface area contributed by atoms with Crippen molar-refractivity contribution in [2.75, 3.05) is 13.7 Å². The van der Waals surface area contributed by atoms with E-state index in [0.717, 1.165) is 29.6 Å². The minimum atomic E-state index is 0.795. The maximum absolute atomic E-state index is 5.45. The van der Waals surface area contributed by atoms with E-state index in [9.17, 15) is 0 Å². The summed E-state index contributed by atoms with van der Waals surface area (Å²) in [5.41, 5.74) is 6.79. The summed E-state index contributed by atoms with van der Waals surface area (Å²) in [4.78, 5) is 0. The summed E-state index contributed by atoms with van der Waals surface area (Å²) in [6.07, 6.45) is 4.62. The Hall–Kier alpha value is -0.540. The van der Waals surface area contributed by atoms with E-state index in [1.165, 1.54) is 18.4 Å². The summed E-state index contributed by atoms with van der Waals surface area (Å²) in [5.74, 6) is 0.896. The molecule has 0 aromatic heterocycles. The van der Waals surface area contributed by atoms with Crippen LogP contribution in [0.25, 0.3) is 0 Å². The molecular weight excluding hydrogens is 254 g/mol. The van der Waals surface area contributed by atoms with Gasteiger partial charge in [-0.3, -0.25) is 0 Å². The smallest absolute Gasteiger partial charge is 0.120 e. The highest BCUT2D eigenvalue weighted by Crippen LogP contribution is 2.24. The van der Waals surface area contributed by atoms with Crippen LogP contribution in [0.5, 0.6) is 5.75 Å². The van der Waals surface area contributed by atoms with Crippen LogP contribution in [0.2, 0.25) is 0 Å². The largest absolute Gasteiger partial charge is 0.497 e. The van der Waals surface area contributed by atoms with Crippen molar-refractivity contribution in [2.45, 2.75) is 25.7 Å². The molecule has 2 nitrogen and oxygen atoms in total. The molecule has 0 atom stereocenters. The first-order valence-corrected chi connectivity index (χ1v) is 6.09. The predicted octanol–water partition coefficient (Wildman–Crippen LogP) is 3.13. The highest BCUT2D eigenvalue weighted by atomic mass is 79.9. The van der Waals surface area contributed by atoms with Crippen LogP contribution in [0, 0.1) is 0 Å². The summed E-state index contributed by atoms with van der Waals surface area (Å²) in [7, 11) is 1.68. The first-order chi connectivity index (χ1) is 7.27. The van der Waals surface area contributed by atoms with Gasteiger partial charge in [0.15, 0.2) is 0 Å². The lowest BCUT2D eigenvalue weighted by atomic mass is 10.1. The minimum absolute atomic E-state index is 0.795. The van der Waals surface area contributed by atoms with Crippen LogP contribution in [-0.4, -0.2) is 13.7 Å². The molecule has 0 radical (unpaired) electrons. The predicted molar refractivity (Wildman–Crippen MR) is 67.3 cm³/mol. The van der Waals surface area contributed by atoms with E-state index in [2.05, 4.69) is 22.0 Å². The molecule has 3 heteroatoms. The Morgan fingerprint density at radius 1 is 1.27 bits per heavy atom. The summed E-state index contributed by atoms with van der Waals surface area (Å²) in [5, 5.41) is 0. The van der Waals surface area contributed by atoms with Gasteiger partial charge in [-0.2, -0.15) is 0 Å². The maximum Gasteiger partial charge on any atom is 0.120 e. The van der Waals surface area contributed by atoms with Crippen molar-refractivity contribution >= 4 is 15.9 Å². The number of unbranched alkanes of at least 4 members (excludes halogenated alkanes) is 2. The molecule has 0 aliphatic heterocycles. The van der Waals surface area contributed by atoms with Crippen molar-refractivity contribution in [2.24, 2.45) is 5.73 Å². The molecule has 1 aromatic carbocycles. The summed E-state index contributed by atoms with van der Waals surface area (Å²) in [6, 6.07) is 6.13. The lowest BCUT2D eigenvalue weighted by molar-refractivity contribution is 0.414. The number of nitrogens with two attached hydrogens (primary N) is 1. The standard InChI is InChI=1S/C12H18BrNO/c1-15-11-7-6-10(12(13)9-11)5-3-2-4-8-14/h6-7,9H,2-5,8,14H2,1H3. The number of hydrogen-bond donors (Lipinski definition) is 1. The molecule has 0 amide bonds. The Labute approximate surface area is 99.9 Å². The molecule has 1 rings (SSSR count). The third-order valence-corrected chi connectivity index (χ3v) is 3.15. The summed E-state index contributed by atoms with van der Waals surface area (Å²) in [6.45, 7) is 0.795. The molecule has 0 saturated heterocycles. The summed E-state index contributed by atoms with van der Waals surface area (Å²) >= 11 is 3.55.